The Morgan fingerprint density at radius 3 is 2.46 bits per heavy atom. The lowest BCUT2D eigenvalue weighted by molar-refractivity contribution is -0.169. The van der Waals surface area contributed by atoms with E-state index >= 15 is 0 Å². The number of carbonyl (C=O) groups is 2. The fourth-order valence-electron chi connectivity index (χ4n) is 8.97. The molecule has 0 bridgehead atoms. The van der Waals surface area contributed by atoms with Crippen molar-refractivity contribution in [1.82, 2.24) is 14.7 Å². The van der Waals surface area contributed by atoms with E-state index in [1.807, 2.05) is 71.1 Å². The number of esters is 1. The summed E-state index contributed by atoms with van der Waals surface area (Å²) in [6, 6.07) is 9.46. The molecule has 5 unspecified atom stereocenters. The van der Waals surface area contributed by atoms with Crippen LogP contribution >= 0.6 is 0 Å². The largest absolute Gasteiger partial charge is 0.459 e. The van der Waals surface area contributed by atoms with Crippen molar-refractivity contribution in [3.63, 3.8) is 0 Å². The SMILES string of the molecule is C#CCCN(C)C1CC(C)OC(C[C@H]([C@@H](C)[C@H](O)C(C)C(=O)O[C@H](CC)[C@@H](C)O)[C@@]2(C)C[C@@H](C)C(=NC(C)=O)C(C)COC/C(=N\Oc3ccc(-n4cccn4)cc3)CO2)C1. The number of aliphatic hydroxyl groups excluding tert-OH is 2. The Morgan fingerprint density at radius 2 is 1.84 bits per heavy atom. The molecule has 2 N–H and O–H groups in total. The average Bonchev–Trinajstić information content (AvgIpc) is 3.77. The molecule has 0 aliphatic carbocycles. The standard InChI is InChI=1S/C47H71N5O9/c1-12-14-21-51(11)39-23-32(5)59-41(24-39)25-42(33(6)45(55)34(7)46(56)60-43(13-2)35(8)53)47(10)26-30(3)44(49-36(9)54)31(4)27-57-28-37(29-58-47)50-61-40-18-16-38(17-19-40)52-22-15-20-48-52/h1,15-20,22,30-35,39,41-43,45,53,55H,13-14,21,23-29H2,2-11H3/b49-44?,50-37+/t30-,31?,32?,33-,34?,35-,39?,41?,42-,43-,45+,47-/m1/s1. The van der Waals surface area contributed by atoms with Gasteiger partial charge in [0.25, 0.3) is 0 Å². The Kier molecular flexibility index (Phi) is 19.1. The van der Waals surface area contributed by atoms with Gasteiger partial charge in [-0.15, -0.1) is 12.3 Å². The van der Waals surface area contributed by atoms with Gasteiger partial charge in [0, 0.05) is 50.0 Å². The van der Waals surface area contributed by atoms with Gasteiger partial charge in [0.2, 0.25) is 5.91 Å². The van der Waals surface area contributed by atoms with E-state index in [9.17, 15) is 19.8 Å². The molecule has 1 aromatic heterocycles. The second kappa shape index (κ2) is 23.5. The number of aromatic nitrogens is 2. The van der Waals surface area contributed by atoms with Gasteiger partial charge in [0.05, 0.1) is 61.4 Å². The Balaban J connectivity index is 1.75. The van der Waals surface area contributed by atoms with Crippen molar-refractivity contribution >= 4 is 23.3 Å². The van der Waals surface area contributed by atoms with Crippen LogP contribution in [0.3, 0.4) is 0 Å². The number of oxime groups is 1. The summed E-state index contributed by atoms with van der Waals surface area (Å²) in [5.41, 5.74) is 1.06. The number of hydrogen-bond acceptors (Lipinski definition) is 12. The van der Waals surface area contributed by atoms with Crippen LogP contribution in [0.15, 0.2) is 52.9 Å². The minimum Gasteiger partial charge on any atom is -0.459 e. The van der Waals surface area contributed by atoms with Crippen molar-refractivity contribution < 1.29 is 43.6 Å². The van der Waals surface area contributed by atoms with Crippen molar-refractivity contribution in [2.75, 3.05) is 33.4 Å². The molecule has 2 aliphatic heterocycles. The fraction of sp³-hybridized carbons (Fsp3) is 0.681. The molecule has 0 saturated carbocycles. The molecular weight excluding hydrogens is 779 g/mol. The number of rotatable bonds is 16. The van der Waals surface area contributed by atoms with Crippen LogP contribution in [0.2, 0.25) is 0 Å². The first-order chi connectivity index (χ1) is 29.0. The number of benzene rings is 1. The molecule has 12 atom stereocenters. The molecule has 2 saturated heterocycles. The van der Waals surface area contributed by atoms with Gasteiger partial charge in [-0.2, -0.15) is 5.10 Å². The normalized spacial score (nSPS) is 28.5. The summed E-state index contributed by atoms with van der Waals surface area (Å²) in [5.74, 6) is 0.0749. The maximum Gasteiger partial charge on any atom is 0.311 e. The summed E-state index contributed by atoms with van der Waals surface area (Å²) >= 11 is 0. The summed E-state index contributed by atoms with van der Waals surface area (Å²) in [4.78, 5) is 38.9. The van der Waals surface area contributed by atoms with E-state index in [2.05, 4.69) is 40.0 Å². The van der Waals surface area contributed by atoms with Crippen LogP contribution in [-0.4, -0.2) is 124 Å². The molecule has 4 rings (SSSR count). The summed E-state index contributed by atoms with van der Waals surface area (Å²) in [6.07, 6.45) is 9.82. The highest BCUT2D eigenvalue weighted by atomic mass is 16.6. The Hall–Kier alpha value is -3.97. The van der Waals surface area contributed by atoms with Crippen LogP contribution < -0.4 is 4.84 Å². The van der Waals surface area contributed by atoms with E-state index < -0.39 is 47.6 Å². The molecule has 0 spiro atoms. The third-order valence-electron chi connectivity index (χ3n) is 12.5. The Bertz CT molecular complexity index is 1780. The van der Waals surface area contributed by atoms with Gasteiger partial charge >= 0.3 is 5.97 Å². The molecule has 61 heavy (non-hydrogen) atoms. The van der Waals surface area contributed by atoms with E-state index in [-0.39, 0.29) is 55.8 Å². The first kappa shape index (κ1) is 49.7. The molecule has 1 amide bonds. The second-order valence-electron chi connectivity index (χ2n) is 17.6. The van der Waals surface area contributed by atoms with Crippen LogP contribution in [0, 0.1) is 41.9 Å². The van der Waals surface area contributed by atoms with Crippen LogP contribution in [0.5, 0.6) is 5.75 Å². The summed E-state index contributed by atoms with van der Waals surface area (Å²) < 4.78 is 27.4. The third kappa shape index (κ3) is 14.3. The van der Waals surface area contributed by atoms with E-state index in [0.717, 1.165) is 25.1 Å². The molecule has 338 valence electrons. The first-order valence-electron chi connectivity index (χ1n) is 21.9. The molecule has 0 radical (unpaired) electrons. The summed E-state index contributed by atoms with van der Waals surface area (Å²) in [5, 5.41) is 31.3. The number of hydrogen-bond donors (Lipinski definition) is 2. The van der Waals surface area contributed by atoms with E-state index in [1.54, 1.807) is 24.7 Å². The van der Waals surface area contributed by atoms with Gasteiger partial charge in [0.15, 0.2) is 5.75 Å². The quantitative estimate of drug-likeness (QED) is 0.111. The average molecular weight is 850 g/mol. The predicted octanol–water partition coefficient (Wildman–Crippen LogP) is 6.30. The van der Waals surface area contributed by atoms with Gasteiger partial charge < -0.3 is 38.9 Å². The van der Waals surface area contributed by atoms with Gasteiger partial charge in [-0.05, 0) is 115 Å². The van der Waals surface area contributed by atoms with Gasteiger partial charge in [0.1, 0.15) is 11.8 Å². The highest BCUT2D eigenvalue weighted by Gasteiger charge is 2.47. The number of amides is 1. The first-order valence-corrected chi connectivity index (χ1v) is 21.9. The maximum atomic E-state index is 13.6. The topological polar surface area (TPSA) is 167 Å². The lowest BCUT2D eigenvalue weighted by Crippen LogP contribution is -2.52. The van der Waals surface area contributed by atoms with E-state index in [1.165, 1.54) is 6.92 Å². The molecule has 14 heteroatoms. The zero-order valence-electron chi connectivity index (χ0n) is 38.0. The second-order valence-corrected chi connectivity index (χ2v) is 17.6. The van der Waals surface area contributed by atoms with Crippen molar-refractivity contribution in [3.8, 4) is 23.8 Å². The zero-order chi connectivity index (χ0) is 44.9. The maximum absolute atomic E-state index is 13.6. The Morgan fingerprint density at radius 1 is 1.11 bits per heavy atom. The zero-order valence-corrected chi connectivity index (χ0v) is 38.0. The molecular formula is C47H71N5O9. The molecule has 2 fully saturated rings. The van der Waals surface area contributed by atoms with Crippen LogP contribution in [0.1, 0.15) is 101 Å². The minimum absolute atomic E-state index is 0.0322. The van der Waals surface area contributed by atoms with Gasteiger partial charge in [-0.1, -0.05) is 32.9 Å². The number of ether oxygens (including phenoxy) is 4. The monoisotopic (exact) mass is 850 g/mol. The molecule has 14 nitrogen and oxygen atoms in total. The minimum atomic E-state index is -1.15. The Labute approximate surface area is 363 Å². The highest BCUT2D eigenvalue weighted by Crippen LogP contribution is 2.43. The number of carbonyl (C=O) groups excluding carboxylic acids is 2. The molecule has 2 aliphatic rings. The van der Waals surface area contributed by atoms with Crippen molar-refractivity contribution in [1.29, 1.82) is 0 Å². The lowest BCUT2D eigenvalue weighted by Gasteiger charge is -2.47. The number of aliphatic hydroxyl groups is 2. The molecule has 1 aromatic carbocycles. The fourth-order valence-corrected chi connectivity index (χ4v) is 8.97. The summed E-state index contributed by atoms with van der Waals surface area (Å²) in [7, 11) is 2.09. The summed E-state index contributed by atoms with van der Waals surface area (Å²) in [6.45, 7) is 17.8. The van der Waals surface area contributed by atoms with E-state index in [4.69, 9.17) is 30.2 Å². The van der Waals surface area contributed by atoms with Gasteiger partial charge in [-0.3, -0.25) is 9.59 Å². The smallest absolute Gasteiger partial charge is 0.311 e. The van der Waals surface area contributed by atoms with Crippen molar-refractivity contribution in [2.45, 2.75) is 143 Å². The molecule has 3 heterocycles. The number of nitrogens with zero attached hydrogens (tertiary/aromatic N) is 5. The van der Waals surface area contributed by atoms with Crippen LogP contribution in [0.4, 0.5) is 0 Å². The van der Waals surface area contributed by atoms with E-state index in [0.29, 0.717) is 42.9 Å². The predicted molar refractivity (Wildman–Crippen MR) is 236 cm³/mol. The third-order valence-corrected chi connectivity index (χ3v) is 12.5. The van der Waals surface area contributed by atoms with Crippen molar-refractivity contribution in [3.05, 3.63) is 42.7 Å². The van der Waals surface area contributed by atoms with Gasteiger partial charge in [-0.25, -0.2) is 9.67 Å². The highest BCUT2D eigenvalue weighted by molar-refractivity contribution is 5.97. The van der Waals surface area contributed by atoms with Crippen LogP contribution in [0.25, 0.3) is 5.69 Å². The van der Waals surface area contributed by atoms with Crippen molar-refractivity contribution in [2.24, 2.45) is 39.7 Å². The number of terminal acetylenes is 1. The van der Waals surface area contributed by atoms with Crippen LogP contribution in [-0.2, 0) is 28.5 Å². The number of aliphatic imine (C=N–C) groups is 1. The molecule has 2 aromatic rings. The lowest BCUT2D eigenvalue weighted by atomic mass is 9.68.